The van der Waals surface area contributed by atoms with Crippen molar-refractivity contribution in [3.05, 3.63) is 35.9 Å². The topological polar surface area (TPSA) is 29.5 Å². The molecule has 1 heterocycles. The van der Waals surface area contributed by atoms with Gasteiger partial charge in [-0.2, -0.15) is 0 Å². The Morgan fingerprint density at radius 3 is 2.39 bits per heavy atom. The summed E-state index contributed by atoms with van der Waals surface area (Å²) in [5.41, 5.74) is 0.204. The van der Waals surface area contributed by atoms with Gasteiger partial charge in [-0.25, -0.2) is 9.18 Å². The van der Waals surface area contributed by atoms with Crippen molar-refractivity contribution in [3.63, 3.8) is 0 Å². The SMILES string of the molecule is CC(C)(C)N1OC(=O)[C@@](F)(Br)[C@H]1c1ccccc1. The average Bonchev–Trinajstić information content (AvgIpc) is 2.51. The van der Waals surface area contributed by atoms with Crippen molar-refractivity contribution in [1.29, 1.82) is 0 Å². The van der Waals surface area contributed by atoms with E-state index < -0.39 is 22.1 Å². The molecule has 5 heteroatoms. The molecule has 0 amide bonds. The zero-order valence-electron chi connectivity index (χ0n) is 10.5. The Hall–Kier alpha value is -0.940. The number of carbonyl (C=O) groups is 1. The van der Waals surface area contributed by atoms with E-state index in [2.05, 4.69) is 15.9 Å². The van der Waals surface area contributed by atoms with Gasteiger partial charge < -0.3 is 4.84 Å². The highest BCUT2D eigenvalue weighted by molar-refractivity contribution is 9.10. The smallest absolute Gasteiger partial charge is 0.363 e. The standard InChI is InChI=1S/C13H15BrFNO2/c1-12(2,3)16-10(9-7-5-4-6-8-9)13(14,15)11(17)18-16/h4-8,10H,1-3H3/t10-,13-/m1/s1. The molecule has 1 saturated heterocycles. The number of benzene rings is 1. The summed E-state index contributed by atoms with van der Waals surface area (Å²) in [6, 6.07) is 8.22. The molecule has 18 heavy (non-hydrogen) atoms. The minimum absolute atomic E-state index is 0.488. The van der Waals surface area contributed by atoms with Crippen LogP contribution in [-0.4, -0.2) is 21.1 Å². The Labute approximate surface area is 114 Å². The Balaban J connectivity index is 2.48. The number of carbonyl (C=O) groups excluding carboxylic acids is 1. The maximum atomic E-state index is 14.5. The van der Waals surface area contributed by atoms with E-state index in [1.807, 2.05) is 39.0 Å². The predicted molar refractivity (Wildman–Crippen MR) is 69.6 cm³/mol. The first kappa shape index (κ1) is 13.5. The average molecular weight is 316 g/mol. The van der Waals surface area contributed by atoms with Gasteiger partial charge >= 0.3 is 5.97 Å². The van der Waals surface area contributed by atoms with Gasteiger partial charge in [-0.1, -0.05) is 30.3 Å². The molecule has 0 unspecified atom stereocenters. The third-order valence-electron chi connectivity index (χ3n) is 2.81. The van der Waals surface area contributed by atoms with Gasteiger partial charge in [0.2, 0.25) is 0 Å². The van der Waals surface area contributed by atoms with E-state index in [1.165, 1.54) is 5.06 Å². The van der Waals surface area contributed by atoms with Gasteiger partial charge in [0, 0.05) is 5.54 Å². The summed E-state index contributed by atoms with van der Waals surface area (Å²) >= 11 is 2.86. The maximum Gasteiger partial charge on any atom is 0.376 e. The van der Waals surface area contributed by atoms with E-state index in [1.54, 1.807) is 12.1 Å². The van der Waals surface area contributed by atoms with Gasteiger partial charge in [0.25, 0.3) is 4.58 Å². The fourth-order valence-corrected chi connectivity index (χ4v) is 2.49. The summed E-state index contributed by atoms with van der Waals surface area (Å²) < 4.78 is 12.3. The van der Waals surface area contributed by atoms with E-state index in [0.29, 0.717) is 5.56 Å². The van der Waals surface area contributed by atoms with Crippen LogP contribution in [0, 0.1) is 0 Å². The summed E-state index contributed by atoms with van der Waals surface area (Å²) in [6.45, 7) is 5.60. The van der Waals surface area contributed by atoms with Crippen molar-refractivity contribution < 1.29 is 14.0 Å². The zero-order valence-corrected chi connectivity index (χ0v) is 12.1. The highest BCUT2D eigenvalue weighted by Crippen LogP contribution is 2.48. The number of halogens is 2. The Kier molecular flexibility index (Phi) is 3.23. The number of alkyl halides is 2. The Bertz CT molecular complexity index is 456. The van der Waals surface area contributed by atoms with Crippen molar-refractivity contribution in [2.45, 2.75) is 36.9 Å². The first-order valence-electron chi connectivity index (χ1n) is 5.69. The van der Waals surface area contributed by atoms with Gasteiger partial charge in [-0.15, -0.1) is 5.06 Å². The minimum atomic E-state index is -2.22. The van der Waals surface area contributed by atoms with Gasteiger partial charge in [0.05, 0.1) is 0 Å². The lowest BCUT2D eigenvalue weighted by atomic mass is 9.98. The van der Waals surface area contributed by atoms with E-state index >= 15 is 0 Å². The molecule has 0 radical (unpaired) electrons. The quantitative estimate of drug-likeness (QED) is 0.744. The first-order valence-corrected chi connectivity index (χ1v) is 6.48. The van der Waals surface area contributed by atoms with Gasteiger partial charge in [-0.3, -0.25) is 0 Å². The van der Waals surface area contributed by atoms with Crippen LogP contribution in [0.3, 0.4) is 0 Å². The fraction of sp³-hybridized carbons (Fsp3) is 0.462. The Morgan fingerprint density at radius 1 is 1.33 bits per heavy atom. The van der Waals surface area contributed by atoms with Crippen molar-refractivity contribution in [1.82, 2.24) is 5.06 Å². The highest BCUT2D eigenvalue weighted by atomic mass is 79.9. The second kappa shape index (κ2) is 4.31. The molecule has 1 aromatic carbocycles. The number of rotatable bonds is 1. The summed E-state index contributed by atoms with van der Waals surface area (Å²) in [6.07, 6.45) is 0. The van der Waals surface area contributed by atoms with Crippen LogP contribution >= 0.6 is 15.9 Å². The van der Waals surface area contributed by atoms with Crippen LogP contribution in [-0.2, 0) is 9.63 Å². The molecule has 2 atom stereocenters. The van der Waals surface area contributed by atoms with Crippen LogP contribution in [0.15, 0.2) is 30.3 Å². The van der Waals surface area contributed by atoms with Crippen molar-refractivity contribution in [2.24, 2.45) is 0 Å². The lowest BCUT2D eigenvalue weighted by molar-refractivity contribution is -0.200. The zero-order chi connectivity index (χ0) is 13.6. The summed E-state index contributed by atoms with van der Waals surface area (Å²) in [4.78, 5) is 16.7. The van der Waals surface area contributed by atoms with E-state index in [9.17, 15) is 9.18 Å². The molecule has 0 bridgehead atoms. The molecule has 0 saturated carbocycles. The molecule has 0 aliphatic carbocycles. The monoisotopic (exact) mass is 315 g/mol. The van der Waals surface area contributed by atoms with Crippen LogP contribution in [0.5, 0.6) is 0 Å². The van der Waals surface area contributed by atoms with Gasteiger partial charge in [0.1, 0.15) is 6.04 Å². The first-order chi connectivity index (χ1) is 8.24. The molecular formula is C13H15BrFNO2. The van der Waals surface area contributed by atoms with E-state index in [0.717, 1.165) is 0 Å². The van der Waals surface area contributed by atoms with Crippen molar-refractivity contribution >= 4 is 21.9 Å². The van der Waals surface area contributed by atoms with Crippen LogP contribution in [0.25, 0.3) is 0 Å². The van der Waals surface area contributed by atoms with Gasteiger partial charge in [-0.05, 0) is 42.3 Å². The minimum Gasteiger partial charge on any atom is -0.363 e. The predicted octanol–water partition coefficient (Wildman–Crippen LogP) is 3.36. The third-order valence-corrected chi connectivity index (χ3v) is 3.57. The summed E-state index contributed by atoms with van der Waals surface area (Å²) in [7, 11) is 0. The number of nitrogens with zero attached hydrogens (tertiary/aromatic N) is 1. The molecule has 1 aliphatic rings. The molecule has 98 valence electrons. The molecule has 0 spiro atoms. The summed E-state index contributed by atoms with van der Waals surface area (Å²) in [5.74, 6) is -0.911. The second-order valence-electron chi connectivity index (χ2n) is 5.31. The molecule has 1 fully saturated rings. The number of hydrogen-bond donors (Lipinski definition) is 0. The molecule has 1 aromatic rings. The maximum absolute atomic E-state index is 14.5. The molecule has 0 aromatic heterocycles. The van der Waals surface area contributed by atoms with E-state index in [4.69, 9.17) is 4.84 Å². The van der Waals surface area contributed by atoms with Crippen LogP contribution in [0.2, 0.25) is 0 Å². The van der Waals surface area contributed by atoms with Crippen molar-refractivity contribution in [2.75, 3.05) is 0 Å². The second-order valence-corrected chi connectivity index (χ2v) is 6.47. The normalized spacial score (nSPS) is 29.4. The highest BCUT2D eigenvalue weighted by Gasteiger charge is 2.59. The lowest BCUT2D eigenvalue weighted by Gasteiger charge is -2.34. The van der Waals surface area contributed by atoms with Crippen molar-refractivity contribution in [3.8, 4) is 0 Å². The third kappa shape index (κ3) is 2.17. The fourth-order valence-electron chi connectivity index (χ4n) is 1.97. The Morgan fingerprint density at radius 2 is 1.89 bits per heavy atom. The largest absolute Gasteiger partial charge is 0.376 e. The molecule has 1 aliphatic heterocycles. The lowest BCUT2D eigenvalue weighted by Crippen LogP contribution is -2.42. The molecular weight excluding hydrogens is 301 g/mol. The number of hydroxylamine groups is 2. The van der Waals surface area contributed by atoms with Gasteiger partial charge in [0.15, 0.2) is 0 Å². The number of hydrogen-bond acceptors (Lipinski definition) is 3. The molecule has 3 nitrogen and oxygen atoms in total. The van der Waals surface area contributed by atoms with Crippen LogP contribution in [0.1, 0.15) is 32.4 Å². The van der Waals surface area contributed by atoms with Crippen LogP contribution in [0.4, 0.5) is 4.39 Å². The molecule has 2 rings (SSSR count). The van der Waals surface area contributed by atoms with Crippen LogP contribution < -0.4 is 0 Å². The molecule has 0 N–H and O–H groups in total. The summed E-state index contributed by atoms with van der Waals surface area (Å²) in [5, 5.41) is 1.40. The van der Waals surface area contributed by atoms with E-state index in [-0.39, 0.29) is 0 Å².